The number of aryl methyl sites for hydroxylation is 1. The first-order chi connectivity index (χ1) is 14.2. The van der Waals surface area contributed by atoms with Crippen molar-refractivity contribution in [2.24, 2.45) is 0 Å². The molecule has 0 spiro atoms. The number of amides is 1. The van der Waals surface area contributed by atoms with Gasteiger partial charge < -0.3 is 15.0 Å². The van der Waals surface area contributed by atoms with Crippen LogP contribution in [0.15, 0.2) is 58.9 Å². The van der Waals surface area contributed by atoms with Crippen molar-refractivity contribution in [2.75, 3.05) is 31.6 Å². The smallest absolute Gasteiger partial charge is 0.240 e. The number of benzene rings is 2. The quantitative estimate of drug-likeness (QED) is 0.594. The van der Waals surface area contributed by atoms with Gasteiger partial charge in [-0.1, -0.05) is 65.6 Å². The summed E-state index contributed by atoms with van der Waals surface area (Å²) in [5.41, 5.74) is 3.12. The van der Waals surface area contributed by atoms with Gasteiger partial charge in [0.1, 0.15) is 5.25 Å². The third-order valence-corrected chi connectivity index (χ3v) is 6.71. The Labute approximate surface area is 178 Å². The fourth-order valence-corrected chi connectivity index (χ4v) is 5.14. The molecule has 1 amide bonds. The van der Waals surface area contributed by atoms with E-state index >= 15 is 0 Å². The molecule has 2 heterocycles. The van der Waals surface area contributed by atoms with Gasteiger partial charge in [-0.2, -0.15) is 0 Å². The van der Waals surface area contributed by atoms with Crippen LogP contribution in [0.1, 0.15) is 16.4 Å². The van der Waals surface area contributed by atoms with Crippen LogP contribution >= 0.6 is 23.1 Å². The molecule has 0 bridgehead atoms. The molecule has 1 unspecified atom stereocenters. The maximum absolute atomic E-state index is 13.2. The number of morpholine rings is 1. The summed E-state index contributed by atoms with van der Waals surface area (Å²) in [6.45, 7) is 4.47. The first kappa shape index (κ1) is 19.9. The van der Waals surface area contributed by atoms with E-state index in [4.69, 9.17) is 4.74 Å². The molecule has 1 fully saturated rings. The normalized spacial score (nSPS) is 15.1. The van der Waals surface area contributed by atoms with Crippen molar-refractivity contribution in [3.63, 3.8) is 0 Å². The Morgan fingerprint density at radius 2 is 1.93 bits per heavy atom. The van der Waals surface area contributed by atoms with Crippen LogP contribution in [-0.2, 0) is 9.53 Å². The molecular formula is C21H22N4O2S2. The van der Waals surface area contributed by atoms with Gasteiger partial charge in [0.05, 0.1) is 13.2 Å². The first-order valence-corrected chi connectivity index (χ1v) is 11.1. The second-order valence-corrected chi connectivity index (χ2v) is 9.04. The number of carbonyl (C=O) groups excluding carboxylic acids is 1. The lowest BCUT2D eigenvalue weighted by Gasteiger charge is -2.30. The molecule has 29 heavy (non-hydrogen) atoms. The molecule has 3 aromatic rings. The van der Waals surface area contributed by atoms with Crippen molar-refractivity contribution in [2.45, 2.75) is 16.5 Å². The van der Waals surface area contributed by atoms with Gasteiger partial charge in [-0.15, -0.1) is 10.2 Å². The van der Waals surface area contributed by atoms with E-state index < -0.39 is 0 Å². The van der Waals surface area contributed by atoms with E-state index in [1.807, 2.05) is 60.4 Å². The highest BCUT2D eigenvalue weighted by molar-refractivity contribution is 8.01. The predicted octanol–water partition coefficient (Wildman–Crippen LogP) is 4.28. The second kappa shape index (κ2) is 9.39. The molecular weight excluding hydrogens is 404 g/mol. The van der Waals surface area contributed by atoms with Gasteiger partial charge in [0.15, 0.2) is 4.34 Å². The Morgan fingerprint density at radius 1 is 1.14 bits per heavy atom. The molecule has 1 aliphatic rings. The third kappa shape index (κ3) is 5.14. The lowest BCUT2D eigenvalue weighted by Crippen LogP contribution is -2.42. The molecule has 0 aliphatic carbocycles. The molecule has 1 aliphatic heterocycles. The van der Waals surface area contributed by atoms with Gasteiger partial charge in [-0.05, 0) is 30.2 Å². The number of nitrogens with zero attached hydrogens (tertiary/aromatic N) is 3. The zero-order chi connectivity index (χ0) is 20.1. The van der Waals surface area contributed by atoms with Gasteiger partial charge in [0, 0.05) is 18.8 Å². The number of ether oxygens (including phenoxy) is 1. The van der Waals surface area contributed by atoms with Crippen LogP contribution in [0, 0.1) is 6.92 Å². The lowest BCUT2D eigenvalue weighted by molar-refractivity contribution is -0.134. The summed E-state index contributed by atoms with van der Waals surface area (Å²) in [6, 6.07) is 18.0. The minimum atomic E-state index is -0.353. The van der Waals surface area contributed by atoms with E-state index in [1.165, 1.54) is 28.7 Å². The molecule has 1 saturated heterocycles. The van der Waals surface area contributed by atoms with Crippen molar-refractivity contribution < 1.29 is 9.53 Å². The SMILES string of the molecule is Cc1cccc(Nc2nnc(SC(C(=O)N3CCOCC3)c3ccccc3)s2)c1. The van der Waals surface area contributed by atoms with Crippen LogP contribution in [0.4, 0.5) is 10.8 Å². The first-order valence-electron chi connectivity index (χ1n) is 9.44. The average molecular weight is 427 g/mol. The molecule has 0 saturated carbocycles. The largest absolute Gasteiger partial charge is 0.378 e. The summed E-state index contributed by atoms with van der Waals surface area (Å²) in [4.78, 5) is 15.1. The average Bonchev–Trinajstić information content (AvgIpc) is 3.20. The van der Waals surface area contributed by atoms with Crippen molar-refractivity contribution in [3.8, 4) is 0 Å². The van der Waals surface area contributed by atoms with Crippen molar-refractivity contribution in [3.05, 3.63) is 65.7 Å². The maximum Gasteiger partial charge on any atom is 0.240 e. The van der Waals surface area contributed by atoms with Gasteiger partial charge in [-0.3, -0.25) is 4.79 Å². The number of rotatable bonds is 6. The second-order valence-electron chi connectivity index (χ2n) is 6.71. The highest BCUT2D eigenvalue weighted by Gasteiger charge is 2.29. The summed E-state index contributed by atoms with van der Waals surface area (Å²) in [5, 5.41) is 12.2. The molecule has 8 heteroatoms. The van der Waals surface area contributed by atoms with Crippen LogP contribution in [0.3, 0.4) is 0 Å². The van der Waals surface area contributed by atoms with Crippen molar-refractivity contribution in [1.29, 1.82) is 0 Å². The topological polar surface area (TPSA) is 67.4 Å². The van der Waals surface area contributed by atoms with E-state index in [2.05, 4.69) is 21.6 Å². The fraction of sp³-hybridized carbons (Fsp3) is 0.286. The summed E-state index contributed by atoms with van der Waals surface area (Å²) in [6.07, 6.45) is 0. The number of hydrogen-bond acceptors (Lipinski definition) is 7. The Hall–Kier alpha value is -2.42. The number of nitrogens with one attached hydrogen (secondary N) is 1. The molecule has 0 radical (unpaired) electrons. The minimum absolute atomic E-state index is 0.0906. The Balaban J connectivity index is 1.52. The Bertz CT molecular complexity index is 958. The molecule has 2 aromatic carbocycles. The molecule has 150 valence electrons. The number of thioether (sulfide) groups is 1. The summed E-state index contributed by atoms with van der Waals surface area (Å²) in [7, 11) is 0. The van der Waals surface area contributed by atoms with Gasteiger partial charge in [-0.25, -0.2) is 0 Å². The van der Waals surface area contributed by atoms with Crippen LogP contribution in [0.25, 0.3) is 0 Å². The number of hydrogen-bond donors (Lipinski definition) is 1. The van der Waals surface area contributed by atoms with Crippen molar-refractivity contribution in [1.82, 2.24) is 15.1 Å². The van der Waals surface area contributed by atoms with Crippen LogP contribution < -0.4 is 5.32 Å². The lowest BCUT2D eigenvalue weighted by atomic mass is 10.1. The Kier molecular flexibility index (Phi) is 6.43. The highest BCUT2D eigenvalue weighted by Crippen LogP contribution is 2.39. The maximum atomic E-state index is 13.2. The molecule has 1 N–H and O–H groups in total. The van der Waals surface area contributed by atoms with Gasteiger partial charge in [0.25, 0.3) is 0 Å². The van der Waals surface area contributed by atoms with E-state index in [-0.39, 0.29) is 11.2 Å². The van der Waals surface area contributed by atoms with Crippen LogP contribution in [0.2, 0.25) is 0 Å². The summed E-state index contributed by atoms with van der Waals surface area (Å²) >= 11 is 2.91. The zero-order valence-corrected chi connectivity index (χ0v) is 17.7. The highest BCUT2D eigenvalue weighted by atomic mass is 32.2. The zero-order valence-electron chi connectivity index (χ0n) is 16.1. The fourth-order valence-electron chi connectivity index (χ4n) is 3.09. The predicted molar refractivity (Wildman–Crippen MR) is 117 cm³/mol. The molecule has 1 aromatic heterocycles. The molecule has 4 rings (SSSR count). The Morgan fingerprint density at radius 3 is 2.69 bits per heavy atom. The summed E-state index contributed by atoms with van der Waals surface area (Å²) in [5.74, 6) is 0.0906. The van der Waals surface area contributed by atoms with E-state index in [0.29, 0.717) is 31.4 Å². The molecule has 1 atom stereocenters. The van der Waals surface area contributed by atoms with Gasteiger partial charge in [0.2, 0.25) is 11.0 Å². The standard InChI is InChI=1S/C21H22N4O2S2/c1-15-6-5-9-17(14-15)22-20-23-24-21(29-20)28-18(16-7-3-2-4-8-16)19(26)25-10-12-27-13-11-25/h2-9,14,18H,10-13H2,1H3,(H,22,23). The van der Waals surface area contributed by atoms with E-state index in [9.17, 15) is 4.79 Å². The monoisotopic (exact) mass is 426 g/mol. The van der Waals surface area contributed by atoms with E-state index in [1.54, 1.807) is 0 Å². The number of anilines is 2. The minimum Gasteiger partial charge on any atom is -0.378 e. The van der Waals surface area contributed by atoms with Crippen LogP contribution in [-0.4, -0.2) is 47.3 Å². The summed E-state index contributed by atoms with van der Waals surface area (Å²) < 4.78 is 6.15. The van der Waals surface area contributed by atoms with Crippen LogP contribution in [0.5, 0.6) is 0 Å². The number of carbonyl (C=O) groups is 1. The van der Waals surface area contributed by atoms with Crippen molar-refractivity contribution >= 4 is 39.8 Å². The van der Waals surface area contributed by atoms with E-state index in [0.717, 1.165) is 15.6 Å². The third-order valence-electron chi connectivity index (χ3n) is 4.54. The molecule has 6 nitrogen and oxygen atoms in total. The van der Waals surface area contributed by atoms with Gasteiger partial charge >= 0.3 is 0 Å². The number of aromatic nitrogens is 2.